The summed E-state index contributed by atoms with van der Waals surface area (Å²) in [5.74, 6) is 0. The zero-order valence-corrected chi connectivity index (χ0v) is 6.52. The lowest BCUT2D eigenvalue weighted by molar-refractivity contribution is 1.44. The van der Waals surface area contributed by atoms with Crippen LogP contribution in [0.3, 0.4) is 0 Å². The van der Waals surface area contributed by atoms with E-state index in [4.69, 9.17) is 0 Å². The van der Waals surface area contributed by atoms with Crippen LogP contribution < -0.4 is 10.4 Å². The molecule has 0 aliphatic carbocycles. The molecule has 0 aromatic heterocycles. The fourth-order valence-corrected chi connectivity index (χ4v) is 1.01. The van der Waals surface area contributed by atoms with E-state index in [0.717, 1.165) is 5.22 Å². The molecular formula is C10H12. The molecule has 0 spiro atoms. The quantitative estimate of drug-likeness (QED) is 0.499. The van der Waals surface area contributed by atoms with E-state index in [0.29, 0.717) is 0 Å². The van der Waals surface area contributed by atoms with Crippen molar-refractivity contribution in [3.05, 3.63) is 34.7 Å². The molecule has 0 saturated heterocycles. The van der Waals surface area contributed by atoms with E-state index >= 15 is 0 Å². The number of rotatable bonds is 0. The van der Waals surface area contributed by atoms with Gasteiger partial charge in [-0.25, -0.2) is 0 Å². The van der Waals surface area contributed by atoms with Crippen molar-refractivity contribution in [3.63, 3.8) is 0 Å². The highest BCUT2D eigenvalue weighted by Crippen LogP contribution is 1.82. The Kier molecular flexibility index (Phi) is 1.91. The van der Waals surface area contributed by atoms with Crippen LogP contribution in [-0.4, -0.2) is 0 Å². The Morgan fingerprint density at radius 3 is 2.20 bits per heavy atom. The Hall–Kier alpha value is -1.04. The van der Waals surface area contributed by atoms with Crippen molar-refractivity contribution in [1.82, 2.24) is 0 Å². The largest absolute Gasteiger partial charge is 0.0912 e. The highest BCUT2D eigenvalue weighted by Gasteiger charge is 1.81. The summed E-state index contributed by atoms with van der Waals surface area (Å²) in [5, 5.41) is 2.38. The van der Waals surface area contributed by atoms with Crippen molar-refractivity contribution in [2.24, 2.45) is 0 Å². The van der Waals surface area contributed by atoms with Crippen LogP contribution in [-0.2, 0) is 0 Å². The van der Waals surface area contributed by atoms with Gasteiger partial charge in [0.25, 0.3) is 0 Å². The molecule has 0 nitrogen and oxygen atoms in total. The van der Waals surface area contributed by atoms with E-state index in [1.807, 2.05) is 18.2 Å². The first-order chi connectivity index (χ1) is 4.72. The van der Waals surface area contributed by atoms with Gasteiger partial charge in [0, 0.05) is 0 Å². The SMILES string of the molecule is C=c1ccccc1=C(C)C. The maximum absolute atomic E-state index is 3.92. The predicted octanol–water partition coefficient (Wildman–Crippen LogP) is 1.29. The van der Waals surface area contributed by atoms with Gasteiger partial charge in [-0.15, -0.1) is 0 Å². The maximum Gasteiger partial charge on any atom is -0.0204 e. The molecule has 0 amide bonds. The van der Waals surface area contributed by atoms with Gasteiger partial charge in [0.15, 0.2) is 0 Å². The predicted molar refractivity (Wildman–Crippen MR) is 46.0 cm³/mol. The van der Waals surface area contributed by atoms with Crippen molar-refractivity contribution in [3.8, 4) is 0 Å². The van der Waals surface area contributed by atoms with Gasteiger partial charge in [-0.05, 0) is 24.3 Å². The lowest BCUT2D eigenvalue weighted by atomic mass is 10.2. The number of benzene rings is 1. The third kappa shape index (κ3) is 1.27. The van der Waals surface area contributed by atoms with Crippen LogP contribution in [0.5, 0.6) is 0 Å². The monoisotopic (exact) mass is 132 g/mol. The van der Waals surface area contributed by atoms with Crippen molar-refractivity contribution in [1.29, 1.82) is 0 Å². The first kappa shape index (κ1) is 7.07. The molecule has 0 aliphatic rings. The van der Waals surface area contributed by atoms with Crippen molar-refractivity contribution >= 4 is 12.2 Å². The molecule has 0 N–H and O–H groups in total. The van der Waals surface area contributed by atoms with Gasteiger partial charge in [-0.1, -0.05) is 36.4 Å². The molecular weight excluding hydrogens is 120 g/mol. The smallest absolute Gasteiger partial charge is 0.0204 e. The molecule has 52 valence electrons. The highest BCUT2D eigenvalue weighted by atomic mass is 13.9. The Balaban J connectivity index is 3.60. The van der Waals surface area contributed by atoms with Gasteiger partial charge in [0.05, 0.1) is 0 Å². The Morgan fingerprint density at radius 1 is 1.20 bits per heavy atom. The Labute approximate surface area is 61.5 Å². The third-order valence-corrected chi connectivity index (χ3v) is 1.56. The molecule has 0 unspecified atom stereocenters. The molecule has 0 radical (unpaired) electrons. The van der Waals surface area contributed by atoms with E-state index in [1.54, 1.807) is 0 Å². The Morgan fingerprint density at radius 2 is 1.80 bits per heavy atom. The van der Waals surface area contributed by atoms with Gasteiger partial charge in [0.2, 0.25) is 0 Å². The minimum atomic E-state index is 1.11. The van der Waals surface area contributed by atoms with E-state index < -0.39 is 0 Å². The minimum Gasteiger partial charge on any atom is -0.0912 e. The van der Waals surface area contributed by atoms with Crippen LogP contribution in [0.4, 0.5) is 0 Å². The van der Waals surface area contributed by atoms with Crippen LogP contribution in [0.15, 0.2) is 24.3 Å². The molecule has 0 aliphatic heterocycles. The molecule has 1 rings (SSSR count). The fourth-order valence-electron chi connectivity index (χ4n) is 1.01. The molecule has 0 saturated carbocycles. The van der Waals surface area contributed by atoms with Gasteiger partial charge in [-0.2, -0.15) is 0 Å². The second kappa shape index (κ2) is 2.70. The molecule has 1 aromatic rings. The molecule has 0 fully saturated rings. The number of hydrogen-bond acceptors (Lipinski definition) is 0. The normalized spacial score (nSPS) is 9.40. The summed E-state index contributed by atoms with van der Waals surface area (Å²) in [7, 11) is 0. The van der Waals surface area contributed by atoms with Gasteiger partial charge in [0.1, 0.15) is 0 Å². The lowest BCUT2D eigenvalue weighted by Gasteiger charge is -1.89. The summed E-state index contributed by atoms with van der Waals surface area (Å²) in [6, 6.07) is 8.17. The first-order valence-corrected chi connectivity index (χ1v) is 3.43. The van der Waals surface area contributed by atoms with Crippen LogP contribution in [0.25, 0.3) is 12.2 Å². The van der Waals surface area contributed by atoms with E-state index in [1.165, 1.54) is 10.8 Å². The summed E-state index contributed by atoms with van der Waals surface area (Å²) in [6.45, 7) is 8.12. The maximum atomic E-state index is 3.92. The Bertz CT molecular complexity index is 316. The molecule has 0 heterocycles. The average molecular weight is 132 g/mol. The first-order valence-electron chi connectivity index (χ1n) is 3.43. The average Bonchev–Trinajstić information content (AvgIpc) is 1.88. The second-order valence-corrected chi connectivity index (χ2v) is 2.66. The minimum absolute atomic E-state index is 1.11. The third-order valence-electron chi connectivity index (χ3n) is 1.56. The van der Waals surface area contributed by atoms with Gasteiger partial charge in [-0.3, -0.25) is 0 Å². The van der Waals surface area contributed by atoms with E-state index in [2.05, 4.69) is 26.5 Å². The molecule has 0 heteroatoms. The van der Waals surface area contributed by atoms with Gasteiger partial charge < -0.3 is 0 Å². The van der Waals surface area contributed by atoms with Crippen molar-refractivity contribution < 1.29 is 0 Å². The molecule has 10 heavy (non-hydrogen) atoms. The lowest BCUT2D eigenvalue weighted by Crippen LogP contribution is -2.23. The molecule has 0 atom stereocenters. The van der Waals surface area contributed by atoms with E-state index in [9.17, 15) is 0 Å². The van der Waals surface area contributed by atoms with Crippen LogP contribution in [0, 0.1) is 0 Å². The second-order valence-electron chi connectivity index (χ2n) is 2.66. The zero-order chi connectivity index (χ0) is 7.56. The summed E-state index contributed by atoms with van der Waals surface area (Å²) < 4.78 is 0. The zero-order valence-electron chi connectivity index (χ0n) is 6.52. The summed E-state index contributed by atoms with van der Waals surface area (Å²) in [5.41, 5.74) is 1.32. The van der Waals surface area contributed by atoms with Crippen molar-refractivity contribution in [2.45, 2.75) is 13.8 Å². The van der Waals surface area contributed by atoms with Crippen LogP contribution >= 0.6 is 0 Å². The van der Waals surface area contributed by atoms with Crippen LogP contribution in [0.1, 0.15) is 13.8 Å². The summed E-state index contributed by atoms with van der Waals surface area (Å²) >= 11 is 0. The molecule has 0 bridgehead atoms. The van der Waals surface area contributed by atoms with E-state index in [-0.39, 0.29) is 0 Å². The number of hydrogen-bond donors (Lipinski definition) is 0. The highest BCUT2D eigenvalue weighted by molar-refractivity contribution is 5.39. The van der Waals surface area contributed by atoms with Gasteiger partial charge >= 0.3 is 0 Å². The summed E-state index contributed by atoms with van der Waals surface area (Å²) in [6.07, 6.45) is 0. The molecule has 1 aromatic carbocycles. The standard InChI is InChI=1S/C10H12/c1-8(2)10-7-5-4-6-9(10)3/h4-7H,3H2,1-2H3. The topological polar surface area (TPSA) is 0 Å². The summed E-state index contributed by atoms with van der Waals surface area (Å²) in [4.78, 5) is 0. The van der Waals surface area contributed by atoms with Crippen molar-refractivity contribution in [2.75, 3.05) is 0 Å². The fraction of sp³-hybridized carbons (Fsp3) is 0.200. The van der Waals surface area contributed by atoms with Crippen LogP contribution in [0.2, 0.25) is 0 Å².